The summed E-state index contributed by atoms with van der Waals surface area (Å²) in [5, 5.41) is 7.97. The summed E-state index contributed by atoms with van der Waals surface area (Å²) in [6, 6.07) is 1.82. The van der Waals surface area contributed by atoms with Crippen LogP contribution in [0, 0.1) is 13.8 Å². The lowest BCUT2D eigenvalue weighted by molar-refractivity contribution is 0.0776. The van der Waals surface area contributed by atoms with Crippen LogP contribution in [0.3, 0.4) is 0 Å². The van der Waals surface area contributed by atoms with Gasteiger partial charge in [0.05, 0.1) is 29.1 Å². The molecule has 0 saturated heterocycles. The van der Waals surface area contributed by atoms with Crippen molar-refractivity contribution in [2.75, 3.05) is 32.6 Å². The van der Waals surface area contributed by atoms with E-state index in [0.29, 0.717) is 36.2 Å². The van der Waals surface area contributed by atoms with Gasteiger partial charge in [-0.2, -0.15) is 0 Å². The predicted octanol–water partition coefficient (Wildman–Crippen LogP) is 2.63. The molecule has 0 fully saturated rings. The van der Waals surface area contributed by atoms with Crippen LogP contribution < -0.4 is 5.32 Å². The molecule has 0 unspecified atom stereocenters. The third-order valence-corrected chi connectivity index (χ3v) is 5.12. The Bertz CT molecular complexity index is 920. The maximum atomic E-state index is 12.9. The standard InChI is InChI=1S/C17H21N5O3S/c1-10-7-12(25-21-10)8-22(3)17(23)14-11(2)13-15(18-5-6-24-4)19-9-20-16(13)26-14/h7,9H,5-6,8H2,1-4H3,(H,18,19,20). The van der Waals surface area contributed by atoms with Crippen LogP contribution in [0.5, 0.6) is 0 Å². The van der Waals surface area contributed by atoms with Crippen LogP contribution in [-0.2, 0) is 11.3 Å². The second kappa shape index (κ2) is 7.79. The first kappa shape index (κ1) is 18.3. The molecule has 0 aliphatic rings. The summed E-state index contributed by atoms with van der Waals surface area (Å²) in [5.74, 6) is 1.29. The Balaban J connectivity index is 1.86. The van der Waals surface area contributed by atoms with E-state index >= 15 is 0 Å². The summed E-state index contributed by atoms with van der Waals surface area (Å²) >= 11 is 1.37. The molecule has 3 aromatic heterocycles. The quantitative estimate of drug-likeness (QED) is 0.635. The average Bonchev–Trinajstić information content (AvgIpc) is 3.18. The molecular formula is C17H21N5O3S. The number of ether oxygens (including phenoxy) is 1. The van der Waals surface area contributed by atoms with Crippen molar-refractivity contribution in [2.45, 2.75) is 20.4 Å². The molecule has 9 heteroatoms. The highest BCUT2D eigenvalue weighted by atomic mass is 32.1. The molecule has 0 aliphatic heterocycles. The lowest BCUT2D eigenvalue weighted by Crippen LogP contribution is -2.25. The van der Waals surface area contributed by atoms with E-state index in [9.17, 15) is 4.79 Å². The third-order valence-electron chi connectivity index (χ3n) is 3.94. The molecule has 26 heavy (non-hydrogen) atoms. The number of hydrogen-bond donors (Lipinski definition) is 1. The van der Waals surface area contributed by atoms with E-state index in [0.717, 1.165) is 21.5 Å². The second-order valence-electron chi connectivity index (χ2n) is 5.97. The van der Waals surface area contributed by atoms with Crippen molar-refractivity contribution in [1.29, 1.82) is 0 Å². The Morgan fingerprint density at radius 3 is 2.88 bits per heavy atom. The Morgan fingerprint density at radius 1 is 1.38 bits per heavy atom. The summed E-state index contributed by atoms with van der Waals surface area (Å²) in [7, 11) is 3.39. The molecule has 8 nitrogen and oxygen atoms in total. The van der Waals surface area contributed by atoms with Crippen LogP contribution in [0.4, 0.5) is 5.82 Å². The molecule has 0 aliphatic carbocycles. The first-order chi connectivity index (χ1) is 12.5. The zero-order valence-corrected chi connectivity index (χ0v) is 16.0. The number of fused-ring (bicyclic) bond motifs is 1. The Kier molecular flexibility index (Phi) is 5.48. The SMILES string of the molecule is COCCNc1ncnc2sc(C(=O)N(C)Cc3cc(C)no3)c(C)c12. The monoisotopic (exact) mass is 375 g/mol. The van der Waals surface area contributed by atoms with Crippen molar-refractivity contribution in [3.05, 3.63) is 34.3 Å². The summed E-state index contributed by atoms with van der Waals surface area (Å²) in [5.41, 5.74) is 1.66. The highest BCUT2D eigenvalue weighted by molar-refractivity contribution is 7.20. The summed E-state index contributed by atoms with van der Waals surface area (Å²) < 4.78 is 10.3. The molecule has 1 N–H and O–H groups in total. The number of nitrogens with zero attached hydrogens (tertiary/aromatic N) is 4. The van der Waals surface area contributed by atoms with Crippen LogP contribution in [0.15, 0.2) is 16.9 Å². The van der Waals surface area contributed by atoms with Gasteiger partial charge in [0.25, 0.3) is 5.91 Å². The number of aromatic nitrogens is 3. The molecule has 0 bridgehead atoms. The minimum atomic E-state index is -0.0811. The fourth-order valence-corrected chi connectivity index (χ4v) is 3.79. The van der Waals surface area contributed by atoms with Crippen molar-refractivity contribution >= 4 is 33.3 Å². The van der Waals surface area contributed by atoms with Crippen LogP contribution in [0.1, 0.15) is 26.7 Å². The number of carbonyl (C=O) groups excluding carboxylic acids is 1. The van der Waals surface area contributed by atoms with E-state index < -0.39 is 0 Å². The highest BCUT2D eigenvalue weighted by Crippen LogP contribution is 2.34. The van der Waals surface area contributed by atoms with Crippen molar-refractivity contribution < 1.29 is 14.1 Å². The molecule has 0 spiro atoms. The minimum Gasteiger partial charge on any atom is -0.383 e. The van der Waals surface area contributed by atoms with Gasteiger partial charge in [0.15, 0.2) is 5.76 Å². The number of amides is 1. The van der Waals surface area contributed by atoms with Crippen molar-refractivity contribution in [1.82, 2.24) is 20.0 Å². The van der Waals surface area contributed by atoms with Crippen LogP contribution in [0.25, 0.3) is 10.2 Å². The van der Waals surface area contributed by atoms with Crippen molar-refractivity contribution in [3.63, 3.8) is 0 Å². The molecule has 3 aromatic rings. The lowest BCUT2D eigenvalue weighted by Gasteiger charge is -2.14. The van der Waals surface area contributed by atoms with Gasteiger partial charge in [0.1, 0.15) is 17.0 Å². The highest BCUT2D eigenvalue weighted by Gasteiger charge is 2.22. The number of anilines is 1. The van der Waals surface area contributed by atoms with E-state index in [2.05, 4.69) is 20.4 Å². The molecule has 0 saturated carbocycles. The predicted molar refractivity (Wildman–Crippen MR) is 99.6 cm³/mol. The van der Waals surface area contributed by atoms with E-state index in [1.165, 1.54) is 17.7 Å². The van der Waals surface area contributed by atoms with Crippen molar-refractivity contribution in [3.8, 4) is 0 Å². The first-order valence-electron chi connectivity index (χ1n) is 8.15. The molecule has 0 atom stereocenters. The zero-order valence-electron chi connectivity index (χ0n) is 15.2. The van der Waals surface area contributed by atoms with E-state index in [1.54, 1.807) is 19.1 Å². The maximum absolute atomic E-state index is 12.9. The topological polar surface area (TPSA) is 93.4 Å². The van der Waals surface area contributed by atoms with Gasteiger partial charge < -0.3 is 19.5 Å². The molecule has 3 heterocycles. The van der Waals surface area contributed by atoms with Gasteiger partial charge in [-0.05, 0) is 19.4 Å². The minimum absolute atomic E-state index is 0.0811. The van der Waals surface area contributed by atoms with Crippen LogP contribution >= 0.6 is 11.3 Å². The van der Waals surface area contributed by atoms with Gasteiger partial charge in [-0.3, -0.25) is 4.79 Å². The number of rotatable bonds is 7. The summed E-state index contributed by atoms with van der Waals surface area (Å²) in [4.78, 5) is 24.6. The van der Waals surface area contributed by atoms with Crippen LogP contribution in [0.2, 0.25) is 0 Å². The number of hydrogen-bond acceptors (Lipinski definition) is 8. The first-order valence-corrected chi connectivity index (χ1v) is 8.97. The number of nitrogens with one attached hydrogen (secondary N) is 1. The Morgan fingerprint density at radius 2 is 2.19 bits per heavy atom. The molecule has 3 rings (SSSR count). The van der Waals surface area contributed by atoms with Gasteiger partial charge in [-0.1, -0.05) is 5.16 Å². The Hall–Kier alpha value is -2.52. The lowest BCUT2D eigenvalue weighted by atomic mass is 10.2. The molecule has 0 aromatic carbocycles. The Labute approximate surface area is 155 Å². The average molecular weight is 375 g/mol. The fourth-order valence-electron chi connectivity index (χ4n) is 2.65. The number of carbonyl (C=O) groups is 1. The van der Waals surface area contributed by atoms with E-state index in [1.807, 2.05) is 19.9 Å². The molecule has 1 amide bonds. The number of thiophene rings is 1. The fraction of sp³-hybridized carbons (Fsp3) is 0.412. The van der Waals surface area contributed by atoms with Gasteiger partial charge in [0.2, 0.25) is 0 Å². The smallest absolute Gasteiger partial charge is 0.264 e. The molecule has 0 radical (unpaired) electrons. The summed E-state index contributed by atoms with van der Waals surface area (Å²) in [6.07, 6.45) is 1.50. The van der Waals surface area contributed by atoms with Crippen LogP contribution in [-0.4, -0.2) is 53.2 Å². The van der Waals surface area contributed by atoms with E-state index in [-0.39, 0.29) is 5.91 Å². The number of aryl methyl sites for hydroxylation is 2. The molecular weight excluding hydrogens is 354 g/mol. The van der Waals surface area contributed by atoms with Gasteiger partial charge in [0, 0.05) is 26.8 Å². The zero-order chi connectivity index (χ0) is 18.7. The third kappa shape index (κ3) is 3.68. The van der Waals surface area contributed by atoms with Gasteiger partial charge in [-0.15, -0.1) is 11.3 Å². The van der Waals surface area contributed by atoms with Gasteiger partial charge in [-0.25, -0.2) is 9.97 Å². The summed E-state index contributed by atoms with van der Waals surface area (Å²) in [6.45, 7) is 5.33. The largest absolute Gasteiger partial charge is 0.383 e. The van der Waals surface area contributed by atoms with Gasteiger partial charge >= 0.3 is 0 Å². The maximum Gasteiger partial charge on any atom is 0.264 e. The molecule has 138 valence electrons. The number of methoxy groups -OCH3 is 1. The van der Waals surface area contributed by atoms with E-state index in [4.69, 9.17) is 9.26 Å². The normalized spacial score (nSPS) is 11.1. The second-order valence-corrected chi connectivity index (χ2v) is 6.97. The van der Waals surface area contributed by atoms with Crippen molar-refractivity contribution in [2.24, 2.45) is 0 Å².